The summed E-state index contributed by atoms with van der Waals surface area (Å²) in [6.45, 7) is 15.0. The van der Waals surface area contributed by atoms with Crippen molar-refractivity contribution < 1.29 is 14.2 Å². The van der Waals surface area contributed by atoms with Gasteiger partial charge in [0, 0.05) is 12.7 Å². The van der Waals surface area contributed by atoms with E-state index in [4.69, 9.17) is 9.63 Å². The third-order valence-electron chi connectivity index (χ3n) is 2.63. The highest BCUT2D eigenvalue weighted by Crippen LogP contribution is 2.36. The maximum Gasteiger partial charge on any atom is 0.211 e. The Morgan fingerprint density at radius 2 is 1.68 bits per heavy atom. The van der Waals surface area contributed by atoms with Crippen LogP contribution in [0.4, 0.5) is 0 Å². The predicted molar refractivity (Wildman–Crippen MR) is 97.1 cm³/mol. The van der Waals surface area contributed by atoms with Gasteiger partial charge in [-0.2, -0.15) is 0 Å². The summed E-state index contributed by atoms with van der Waals surface area (Å²) in [5.41, 5.74) is 0. The second-order valence-corrected chi connectivity index (χ2v) is 7.32. The first kappa shape index (κ1) is 23.4. The molecule has 0 aliphatic rings. The van der Waals surface area contributed by atoms with Gasteiger partial charge in [-0.05, 0) is 39.4 Å². The van der Waals surface area contributed by atoms with Crippen LogP contribution in [0.3, 0.4) is 0 Å². The van der Waals surface area contributed by atoms with Crippen molar-refractivity contribution >= 4 is 7.37 Å². The molecule has 1 aromatic carbocycles. The van der Waals surface area contributed by atoms with Gasteiger partial charge in [-0.25, -0.2) is 0 Å². The average Bonchev–Trinajstić information content (AvgIpc) is 2.48. The van der Waals surface area contributed by atoms with Gasteiger partial charge in [0.2, 0.25) is 7.37 Å². The molecule has 1 rings (SSSR count). The van der Waals surface area contributed by atoms with Crippen LogP contribution >= 0.6 is 7.37 Å². The Hall–Kier alpha value is -0.830. The number of hydrogen-bond donors (Lipinski definition) is 1. The molecule has 0 spiro atoms. The maximum absolute atomic E-state index is 11.0. The number of nitrogens with zero attached hydrogens (tertiary/aromatic N) is 1. The molecule has 0 fully saturated rings. The quantitative estimate of drug-likeness (QED) is 0.769. The lowest BCUT2D eigenvalue weighted by Crippen LogP contribution is -2.31. The van der Waals surface area contributed by atoms with Crippen molar-refractivity contribution in [3.8, 4) is 5.75 Å². The SMILES string of the molecule is CC.CCN(CP(C)(=O)O)C(C)C.CCOc1ccccc1. The molecule has 0 aromatic heterocycles. The first-order valence-corrected chi connectivity index (χ1v) is 10.3. The van der Waals surface area contributed by atoms with Crippen molar-refractivity contribution in [3.63, 3.8) is 0 Å². The number of benzene rings is 1. The van der Waals surface area contributed by atoms with Crippen LogP contribution in [0.1, 0.15) is 41.5 Å². The van der Waals surface area contributed by atoms with Crippen molar-refractivity contribution in [2.24, 2.45) is 0 Å². The van der Waals surface area contributed by atoms with E-state index in [0.717, 1.165) is 18.9 Å². The summed E-state index contributed by atoms with van der Waals surface area (Å²) in [6.07, 6.45) is 0.307. The summed E-state index contributed by atoms with van der Waals surface area (Å²) in [7, 11) is -2.87. The van der Waals surface area contributed by atoms with Gasteiger partial charge in [0.05, 0.1) is 12.9 Å². The molecule has 130 valence electrons. The molecular formula is C17H34NO3P. The molecule has 1 aromatic rings. The third-order valence-corrected chi connectivity index (χ3v) is 3.52. The van der Waals surface area contributed by atoms with E-state index in [1.54, 1.807) is 0 Å². The Morgan fingerprint density at radius 3 is 1.95 bits per heavy atom. The predicted octanol–water partition coefficient (Wildman–Crippen LogP) is 4.69. The Morgan fingerprint density at radius 1 is 1.18 bits per heavy atom. The summed E-state index contributed by atoms with van der Waals surface area (Å²) in [5, 5.41) is 0. The van der Waals surface area contributed by atoms with Crippen LogP contribution in [0.2, 0.25) is 0 Å². The second-order valence-electron chi connectivity index (χ2n) is 4.94. The normalized spacial score (nSPS) is 12.6. The van der Waals surface area contributed by atoms with Crippen LogP contribution in [0.5, 0.6) is 5.75 Å². The molecule has 0 bridgehead atoms. The monoisotopic (exact) mass is 331 g/mol. The van der Waals surface area contributed by atoms with Crippen molar-refractivity contribution in [2.75, 3.05) is 26.1 Å². The van der Waals surface area contributed by atoms with Crippen LogP contribution in [-0.4, -0.2) is 41.9 Å². The van der Waals surface area contributed by atoms with Gasteiger partial charge in [0.1, 0.15) is 5.75 Å². The molecule has 0 aliphatic carbocycles. The van der Waals surface area contributed by atoms with Crippen LogP contribution in [0.15, 0.2) is 30.3 Å². The van der Waals surface area contributed by atoms with Gasteiger partial charge in [0.15, 0.2) is 0 Å². The van der Waals surface area contributed by atoms with E-state index >= 15 is 0 Å². The lowest BCUT2D eigenvalue weighted by atomic mass is 10.3. The molecule has 0 heterocycles. The van der Waals surface area contributed by atoms with E-state index in [2.05, 4.69) is 0 Å². The number of hydrogen-bond acceptors (Lipinski definition) is 3. The number of ether oxygens (including phenoxy) is 1. The number of para-hydroxylation sites is 1. The largest absolute Gasteiger partial charge is 0.494 e. The van der Waals surface area contributed by atoms with Crippen molar-refractivity contribution in [1.82, 2.24) is 4.90 Å². The molecule has 4 nitrogen and oxygen atoms in total. The Kier molecular flexibility index (Phi) is 14.7. The van der Waals surface area contributed by atoms with Crippen molar-refractivity contribution in [1.29, 1.82) is 0 Å². The van der Waals surface area contributed by atoms with Crippen LogP contribution in [-0.2, 0) is 4.57 Å². The van der Waals surface area contributed by atoms with Crippen molar-refractivity contribution in [2.45, 2.75) is 47.6 Å². The first-order valence-electron chi connectivity index (χ1n) is 8.01. The Bertz CT molecular complexity index is 390. The summed E-state index contributed by atoms with van der Waals surface area (Å²) in [4.78, 5) is 11.1. The van der Waals surface area contributed by atoms with E-state index in [1.165, 1.54) is 6.66 Å². The van der Waals surface area contributed by atoms with Crippen LogP contribution < -0.4 is 4.74 Å². The zero-order chi connectivity index (χ0) is 17.6. The van der Waals surface area contributed by atoms with E-state index in [9.17, 15) is 4.57 Å². The molecule has 0 saturated carbocycles. The lowest BCUT2D eigenvalue weighted by molar-refractivity contribution is 0.261. The van der Waals surface area contributed by atoms with Crippen LogP contribution in [0.25, 0.3) is 0 Å². The van der Waals surface area contributed by atoms with Gasteiger partial charge < -0.3 is 9.63 Å². The Labute approximate surface area is 137 Å². The van der Waals surface area contributed by atoms with Crippen molar-refractivity contribution in [3.05, 3.63) is 30.3 Å². The minimum absolute atomic E-state index is 0.307. The fourth-order valence-corrected chi connectivity index (χ4v) is 2.85. The summed E-state index contributed by atoms with van der Waals surface area (Å²) >= 11 is 0. The zero-order valence-electron chi connectivity index (χ0n) is 15.2. The summed E-state index contributed by atoms with van der Waals surface area (Å²) in [5.74, 6) is 0.944. The van der Waals surface area contributed by atoms with E-state index in [-0.39, 0.29) is 0 Å². The highest BCUT2D eigenvalue weighted by molar-refractivity contribution is 7.57. The molecule has 22 heavy (non-hydrogen) atoms. The second kappa shape index (κ2) is 13.8. The topological polar surface area (TPSA) is 49.8 Å². The first-order chi connectivity index (χ1) is 10.3. The molecule has 1 unspecified atom stereocenters. The summed E-state index contributed by atoms with van der Waals surface area (Å²) < 4.78 is 16.2. The molecular weight excluding hydrogens is 297 g/mol. The van der Waals surface area contributed by atoms with Gasteiger partial charge in [-0.1, -0.05) is 39.0 Å². The van der Waals surface area contributed by atoms with Crippen LogP contribution in [0, 0.1) is 0 Å². The third kappa shape index (κ3) is 14.1. The van der Waals surface area contributed by atoms with E-state index in [0.29, 0.717) is 12.3 Å². The lowest BCUT2D eigenvalue weighted by Gasteiger charge is -2.25. The molecule has 1 atom stereocenters. The summed E-state index contributed by atoms with van der Waals surface area (Å²) in [6, 6.07) is 10.1. The van der Waals surface area contributed by atoms with Gasteiger partial charge in [-0.3, -0.25) is 9.46 Å². The molecule has 1 N–H and O–H groups in total. The van der Waals surface area contributed by atoms with Gasteiger partial charge in [0.25, 0.3) is 0 Å². The highest BCUT2D eigenvalue weighted by Gasteiger charge is 2.16. The fourth-order valence-electron chi connectivity index (χ4n) is 1.65. The zero-order valence-corrected chi connectivity index (χ0v) is 16.1. The van der Waals surface area contributed by atoms with E-state index in [1.807, 2.05) is 76.8 Å². The fraction of sp³-hybridized carbons (Fsp3) is 0.647. The maximum atomic E-state index is 11.0. The minimum Gasteiger partial charge on any atom is -0.494 e. The highest BCUT2D eigenvalue weighted by atomic mass is 31.2. The smallest absolute Gasteiger partial charge is 0.211 e. The average molecular weight is 331 g/mol. The Balaban J connectivity index is 0. The standard InChI is InChI=1S/C8H10O.C7H18NO2P.C2H6/c1-2-9-8-6-4-3-5-7-8;1-5-8(7(2)3)6-11(4,9)10;1-2/h3-7H,2H2,1H3;7H,5-6H2,1-4H3,(H,9,10);1-2H3. The van der Waals surface area contributed by atoms with Gasteiger partial charge >= 0.3 is 0 Å². The molecule has 0 saturated heterocycles. The molecule has 0 aliphatic heterocycles. The van der Waals surface area contributed by atoms with E-state index < -0.39 is 7.37 Å². The minimum atomic E-state index is -2.87. The molecule has 0 amide bonds. The molecule has 5 heteroatoms. The number of rotatable bonds is 6. The molecule has 0 radical (unpaired) electrons. The van der Waals surface area contributed by atoms with Gasteiger partial charge in [-0.15, -0.1) is 0 Å².